The van der Waals surface area contributed by atoms with E-state index in [4.69, 9.17) is 4.74 Å². The smallest absolute Gasteiger partial charge is 0.0777 e. The van der Waals surface area contributed by atoms with Crippen LogP contribution in [0.3, 0.4) is 0 Å². The van der Waals surface area contributed by atoms with Gasteiger partial charge in [-0.3, -0.25) is 4.90 Å². The number of likely N-dealkylation sites (tertiary alicyclic amines) is 1. The summed E-state index contributed by atoms with van der Waals surface area (Å²) in [5.41, 5.74) is -0.00455. The summed E-state index contributed by atoms with van der Waals surface area (Å²) in [7, 11) is 1.81. The monoisotopic (exact) mass is 227 g/mol. The van der Waals surface area contributed by atoms with E-state index in [-0.39, 0.29) is 11.7 Å². The molecule has 1 saturated heterocycles. The van der Waals surface area contributed by atoms with Gasteiger partial charge in [-0.05, 0) is 39.2 Å². The molecule has 1 aliphatic carbocycles. The quantitative estimate of drug-likeness (QED) is 0.780. The second-order valence-electron chi connectivity index (χ2n) is 5.65. The molecule has 0 aromatic carbocycles. The average molecular weight is 227 g/mol. The Balaban J connectivity index is 1.97. The highest BCUT2D eigenvalue weighted by Gasteiger charge is 2.36. The van der Waals surface area contributed by atoms with Crippen LogP contribution in [-0.4, -0.2) is 48.0 Å². The van der Waals surface area contributed by atoms with Crippen LogP contribution in [0.2, 0.25) is 0 Å². The average Bonchev–Trinajstić information content (AvgIpc) is 2.30. The predicted molar refractivity (Wildman–Crippen MR) is 64.5 cm³/mol. The molecular formula is C13H25NO2. The summed E-state index contributed by atoms with van der Waals surface area (Å²) in [5.74, 6) is 0. The zero-order valence-corrected chi connectivity index (χ0v) is 10.6. The summed E-state index contributed by atoms with van der Waals surface area (Å²) in [6.07, 6.45) is 6.80. The molecule has 1 aliphatic heterocycles. The van der Waals surface area contributed by atoms with Gasteiger partial charge in [-0.2, -0.15) is 0 Å². The SMILES string of the molecule is COC1(C)CCCN(C2CCCCC2O)C1. The first kappa shape index (κ1) is 12.3. The Morgan fingerprint density at radius 1 is 1.25 bits per heavy atom. The minimum absolute atomic E-state index is 0.00455. The van der Waals surface area contributed by atoms with Crippen molar-refractivity contribution in [3.63, 3.8) is 0 Å². The first-order valence-corrected chi connectivity index (χ1v) is 6.62. The van der Waals surface area contributed by atoms with Gasteiger partial charge in [0.25, 0.3) is 0 Å². The highest BCUT2D eigenvalue weighted by atomic mass is 16.5. The Bertz CT molecular complexity index is 234. The third kappa shape index (κ3) is 2.58. The molecule has 0 aromatic rings. The van der Waals surface area contributed by atoms with Crippen LogP contribution < -0.4 is 0 Å². The molecular weight excluding hydrogens is 202 g/mol. The number of hydrogen-bond donors (Lipinski definition) is 1. The van der Waals surface area contributed by atoms with Crippen molar-refractivity contribution in [3.05, 3.63) is 0 Å². The van der Waals surface area contributed by atoms with E-state index in [2.05, 4.69) is 11.8 Å². The number of nitrogens with zero attached hydrogens (tertiary/aromatic N) is 1. The van der Waals surface area contributed by atoms with Gasteiger partial charge < -0.3 is 9.84 Å². The number of methoxy groups -OCH3 is 1. The van der Waals surface area contributed by atoms with Gasteiger partial charge in [0.1, 0.15) is 0 Å². The molecule has 1 saturated carbocycles. The van der Waals surface area contributed by atoms with Crippen LogP contribution in [0.1, 0.15) is 45.4 Å². The fourth-order valence-corrected chi connectivity index (χ4v) is 3.21. The van der Waals surface area contributed by atoms with Crippen LogP contribution in [-0.2, 0) is 4.74 Å². The zero-order chi connectivity index (χ0) is 11.6. The summed E-state index contributed by atoms with van der Waals surface area (Å²) >= 11 is 0. The van der Waals surface area contributed by atoms with E-state index in [0.717, 1.165) is 32.4 Å². The molecule has 1 N–H and O–H groups in total. The lowest BCUT2D eigenvalue weighted by Crippen LogP contribution is -2.55. The van der Waals surface area contributed by atoms with E-state index in [9.17, 15) is 5.11 Å². The molecule has 16 heavy (non-hydrogen) atoms. The molecule has 3 nitrogen and oxygen atoms in total. The van der Waals surface area contributed by atoms with Crippen molar-refractivity contribution in [2.24, 2.45) is 0 Å². The molecule has 0 bridgehead atoms. The topological polar surface area (TPSA) is 32.7 Å². The lowest BCUT2D eigenvalue weighted by Gasteiger charge is -2.45. The maximum Gasteiger partial charge on any atom is 0.0777 e. The van der Waals surface area contributed by atoms with Gasteiger partial charge in [-0.1, -0.05) is 12.8 Å². The van der Waals surface area contributed by atoms with E-state index < -0.39 is 0 Å². The molecule has 0 aromatic heterocycles. The molecule has 94 valence electrons. The number of ether oxygens (including phenoxy) is 1. The van der Waals surface area contributed by atoms with Crippen LogP contribution in [0.4, 0.5) is 0 Å². The van der Waals surface area contributed by atoms with Crippen molar-refractivity contribution in [2.45, 2.75) is 63.2 Å². The van der Waals surface area contributed by atoms with Crippen LogP contribution in [0, 0.1) is 0 Å². The maximum atomic E-state index is 10.1. The third-order valence-electron chi connectivity index (χ3n) is 4.34. The van der Waals surface area contributed by atoms with Crippen molar-refractivity contribution >= 4 is 0 Å². The van der Waals surface area contributed by atoms with Gasteiger partial charge >= 0.3 is 0 Å². The molecule has 0 radical (unpaired) electrons. The van der Waals surface area contributed by atoms with Crippen LogP contribution in [0.5, 0.6) is 0 Å². The summed E-state index contributed by atoms with van der Waals surface area (Å²) in [6, 6.07) is 0.378. The number of aliphatic hydroxyl groups is 1. The molecule has 1 heterocycles. The van der Waals surface area contributed by atoms with Crippen molar-refractivity contribution in [3.8, 4) is 0 Å². The summed E-state index contributed by atoms with van der Waals surface area (Å²) < 4.78 is 5.61. The largest absolute Gasteiger partial charge is 0.391 e. The van der Waals surface area contributed by atoms with Gasteiger partial charge in [0.05, 0.1) is 11.7 Å². The summed E-state index contributed by atoms with van der Waals surface area (Å²) in [6.45, 7) is 4.29. The first-order chi connectivity index (χ1) is 7.64. The van der Waals surface area contributed by atoms with Gasteiger partial charge in [-0.15, -0.1) is 0 Å². The van der Waals surface area contributed by atoms with Crippen LogP contribution in [0.25, 0.3) is 0 Å². The standard InChI is InChI=1S/C13H25NO2/c1-13(16-2)8-5-9-14(10-13)11-6-3-4-7-12(11)15/h11-12,15H,3-10H2,1-2H3. The van der Waals surface area contributed by atoms with Gasteiger partial charge in [0, 0.05) is 19.7 Å². The van der Waals surface area contributed by atoms with Crippen molar-refractivity contribution in [1.29, 1.82) is 0 Å². The van der Waals surface area contributed by atoms with E-state index >= 15 is 0 Å². The van der Waals surface area contributed by atoms with E-state index in [1.165, 1.54) is 19.3 Å². The number of rotatable bonds is 2. The van der Waals surface area contributed by atoms with Crippen molar-refractivity contribution in [1.82, 2.24) is 4.90 Å². The van der Waals surface area contributed by atoms with Crippen LogP contribution >= 0.6 is 0 Å². The van der Waals surface area contributed by atoms with Gasteiger partial charge in [0.2, 0.25) is 0 Å². The second kappa shape index (κ2) is 5.03. The van der Waals surface area contributed by atoms with Crippen molar-refractivity contribution < 1.29 is 9.84 Å². The molecule has 2 rings (SSSR count). The second-order valence-corrected chi connectivity index (χ2v) is 5.65. The fourth-order valence-electron chi connectivity index (χ4n) is 3.21. The number of aliphatic hydroxyl groups excluding tert-OH is 1. The molecule has 0 spiro atoms. The maximum absolute atomic E-state index is 10.1. The zero-order valence-electron chi connectivity index (χ0n) is 10.6. The molecule has 3 atom stereocenters. The Kier molecular flexibility index (Phi) is 3.88. The van der Waals surface area contributed by atoms with Gasteiger partial charge in [0.15, 0.2) is 0 Å². The number of piperidine rings is 1. The fraction of sp³-hybridized carbons (Fsp3) is 1.00. The summed E-state index contributed by atoms with van der Waals surface area (Å²) in [5, 5.41) is 10.1. The molecule has 3 heteroatoms. The molecule has 0 amide bonds. The Morgan fingerprint density at radius 3 is 2.69 bits per heavy atom. The lowest BCUT2D eigenvalue weighted by molar-refractivity contribution is -0.0828. The van der Waals surface area contributed by atoms with E-state index in [0.29, 0.717) is 6.04 Å². The molecule has 2 fully saturated rings. The molecule has 2 aliphatic rings. The lowest BCUT2D eigenvalue weighted by atomic mass is 9.87. The highest BCUT2D eigenvalue weighted by Crippen LogP contribution is 2.30. The Morgan fingerprint density at radius 2 is 2.00 bits per heavy atom. The van der Waals surface area contributed by atoms with Gasteiger partial charge in [-0.25, -0.2) is 0 Å². The van der Waals surface area contributed by atoms with E-state index in [1.807, 2.05) is 0 Å². The first-order valence-electron chi connectivity index (χ1n) is 6.62. The highest BCUT2D eigenvalue weighted by molar-refractivity contribution is 4.91. The van der Waals surface area contributed by atoms with Crippen molar-refractivity contribution in [2.75, 3.05) is 20.2 Å². The van der Waals surface area contributed by atoms with Crippen LogP contribution in [0.15, 0.2) is 0 Å². The predicted octanol–water partition coefficient (Wildman–Crippen LogP) is 1.79. The minimum Gasteiger partial charge on any atom is -0.391 e. The Hall–Kier alpha value is -0.120. The third-order valence-corrected chi connectivity index (χ3v) is 4.34. The molecule has 3 unspecified atom stereocenters. The number of hydrogen-bond acceptors (Lipinski definition) is 3. The summed E-state index contributed by atoms with van der Waals surface area (Å²) in [4.78, 5) is 2.46. The normalized spacial score (nSPS) is 42.2. The van der Waals surface area contributed by atoms with E-state index in [1.54, 1.807) is 7.11 Å². The minimum atomic E-state index is -0.118. The Labute approximate surface area is 98.8 Å².